The van der Waals surface area contributed by atoms with Gasteiger partial charge in [-0.15, -0.1) is 0 Å². The summed E-state index contributed by atoms with van der Waals surface area (Å²) in [6, 6.07) is 2.57. The van der Waals surface area contributed by atoms with Crippen molar-refractivity contribution in [2.24, 2.45) is 5.92 Å². The van der Waals surface area contributed by atoms with Crippen molar-refractivity contribution in [3.05, 3.63) is 39.7 Å². The van der Waals surface area contributed by atoms with Gasteiger partial charge in [0, 0.05) is 32.0 Å². The topological polar surface area (TPSA) is 125 Å². The second kappa shape index (κ2) is 7.50. The van der Waals surface area contributed by atoms with Gasteiger partial charge in [-0.3, -0.25) is 14.9 Å². The zero-order valence-electron chi connectivity index (χ0n) is 16.6. The maximum atomic E-state index is 12.6. The largest absolute Gasteiger partial charge is 0.433 e. The molecular weight excluding hydrogens is 392 g/mol. The minimum Gasteiger partial charge on any atom is -0.395 e. The van der Waals surface area contributed by atoms with Crippen LogP contribution in [0.3, 0.4) is 0 Å². The van der Waals surface area contributed by atoms with Gasteiger partial charge in [-0.25, -0.2) is 0 Å². The van der Waals surface area contributed by atoms with Gasteiger partial charge in [0.15, 0.2) is 11.6 Å². The van der Waals surface area contributed by atoms with Gasteiger partial charge < -0.3 is 18.6 Å². The number of aromatic nitrogens is 2. The highest BCUT2D eigenvalue weighted by Gasteiger charge is 2.42. The van der Waals surface area contributed by atoms with Crippen molar-refractivity contribution < 1.29 is 23.4 Å². The molecule has 1 unspecified atom stereocenters. The third-order valence-electron chi connectivity index (χ3n) is 6.43. The number of ether oxygens (including phenoxy) is 1. The van der Waals surface area contributed by atoms with E-state index in [1.807, 2.05) is 0 Å². The minimum atomic E-state index is -0.644. The lowest BCUT2D eigenvalue weighted by molar-refractivity contribution is -0.402. The van der Waals surface area contributed by atoms with Crippen LogP contribution in [-0.2, 0) is 11.2 Å². The summed E-state index contributed by atoms with van der Waals surface area (Å²) >= 11 is 0. The van der Waals surface area contributed by atoms with Crippen molar-refractivity contribution in [2.45, 2.75) is 56.5 Å². The Morgan fingerprint density at radius 3 is 2.77 bits per heavy atom. The highest BCUT2D eigenvalue weighted by molar-refractivity contribution is 5.91. The number of piperidine rings is 1. The van der Waals surface area contributed by atoms with Gasteiger partial charge in [0.05, 0.1) is 11.7 Å². The molecule has 1 spiro atoms. The van der Waals surface area contributed by atoms with Crippen molar-refractivity contribution in [3.8, 4) is 0 Å². The van der Waals surface area contributed by atoms with Crippen LogP contribution in [0.1, 0.15) is 66.7 Å². The fourth-order valence-corrected chi connectivity index (χ4v) is 4.57. The second-order valence-corrected chi connectivity index (χ2v) is 8.60. The molecule has 2 aromatic rings. The Morgan fingerprint density at radius 2 is 2.07 bits per heavy atom. The molecule has 2 aromatic heterocycles. The van der Waals surface area contributed by atoms with Gasteiger partial charge >= 0.3 is 5.88 Å². The number of carbonyl (C=O) groups excluding carboxylic acids is 1. The standard InChI is InChI=1S/C20H24N4O6/c25-19(15-3-4-17(29-15)24(26)27)23-8-6-20(7-9-23)12-13(5-10-28-20)11-16-21-18(22-30-16)14-1-2-14/h3-4,13-14H,1-2,5-12H2. The first-order chi connectivity index (χ1) is 14.5. The van der Waals surface area contributed by atoms with Gasteiger partial charge in [-0.1, -0.05) is 5.16 Å². The van der Waals surface area contributed by atoms with Crippen LogP contribution in [0.4, 0.5) is 5.88 Å². The van der Waals surface area contributed by atoms with E-state index in [-0.39, 0.29) is 17.3 Å². The smallest absolute Gasteiger partial charge is 0.395 e. The molecule has 4 heterocycles. The zero-order chi connectivity index (χ0) is 20.7. The first kappa shape index (κ1) is 19.2. The van der Waals surface area contributed by atoms with Crippen molar-refractivity contribution >= 4 is 11.8 Å². The van der Waals surface area contributed by atoms with Crippen LogP contribution in [0, 0.1) is 16.0 Å². The van der Waals surface area contributed by atoms with Crippen LogP contribution in [0.5, 0.6) is 0 Å². The van der Waals surface area contributed by atoms with E-state index >= 15 is 0 Å². The highest BCUT2D eigenvalue weighted by Crippen LogP contribution is 2.40. The fraction of sp³-hybridized carbons (Fsp3) is 0.650. The summed E-state index contributed by atoms with van der Waals surface area (Å²) in [6.07, 6.45) is 6.40. The molecular formula is C20H24N4O6. The lowest BCUT2D eigenvalue weighted by Gasteiger charge is -2.46. The Bertz CT molecular complexity index is 941. The molecule has 2 aliphatic heterocycles. The average Bonchev–Trinajstić information content (AvgIpc) is 3.27. The normalized spacial score (nSPS) is 23.6. The fourth-order valence-electron chi connectivity index (χ4n) is 4.57. The molecule has 1 atom stereocenters. The number of hydrogen-bond acceptors (Lipinski definition) is 8. The van der Waals surface area contributed by atoms with E-state index in [0.717, 1.165) is 50.8 Å². The monoisotopic (exact) mass is 416 g/mol. The molecule has 30 heavy (non-hydrogen) atoms. The van der Waals surface area contributed by atoms with Crippen LogP contribution in [0.2, 0.25) is 0 Å². The Labute approximate surface area is 172 Å². The Balaban J connectivity index is 1.18. The average molecular weight is 416 g/mol. The minimum absolute atomic E-state index is 0.00273. The lowest BCUT2D eigenvalue weighted by Crippen LogP contribution is -2.51. The summed E-state index contributed by atoms with van der Waals surface area (Å²) in [5, 5.41) is 14.9. The van der Waals surface area contributed by atoms with E-state index in [4.69, 9.17) is 13.7 Å². The Kier molecular flexibility index (Phi) is 4.80. The molecule has 1 amide bonds. The molecule has 1 saturated carbocycles. The molecule has 2 saturated heterocycles. The first-order valence-electron chi connectivity index (χ1n) is 10.5. The summed E-state index contributed by atoms with van der Waals surface area (Å²) in [5.74, 6) is 1.73. The number of nitro groups is 1. The van der Waals surface area contributed by atoms with Crippen LogP contribution in [-0.4, -0.2) is 51.2 Å². The quantitative estimate of drug-likeness (QED) is 0.538. The van der Waals surface area contributed by atoms with Gasteiger partial charge in [0.1, 0.15) is 4.92 Å². The number of nitrogens with zero attached hydrogens (tertiary/aromatic N) is 4. The number of amides is 1. The van der Waals surface area contributed by atoms with Gasteiger partial charge in [0.25, 0.3) is 5.91 Å². The van der Waals surface area contributed by atoms with E-state index in [1.165, 1.54) is 12.1 Å². The molecule has 1 aliphatic carbocycles. The molecule has 3 aliphatic rings. The van der Waals surface area contributed by atoms with E-state index in [1.54, 1.807) is 4.90 Å². The van der Waals surface area contributed by atoms with Crippen LogP contribution in [0.25, 0.3) is 0 Å². The van der Waals surface area contributed by atoms with Crippen LogP contribution >= 0.6 is 0 Å². The number of carbonyl (C=O) groups is 1. The molecule has 0 N–H and O–H groups in total. The van der Waals surface area contributed by atoms with Gasteiger partial charge in [-0.05, 0) is 50.5 Å². The van der Waals surface area contributed by atoms with E-state index < -0.39 is 10.8 Å². The first-order valence-corrected chi connectivity index (χ1v) is 10.5. The summed E-state index contributed by atoms with van der Waals surface area (Å²) in [6.45, 7) is 1.76. The van der Waals surface area contributed by atoms with Crippen molar-refractivity contribution in [1.29, 1.82) is 0 Å². The number of furan rings is 1. The Hall–Kier alpha value is -2.75. The van der Waals surface area contributed by atoms with E-state index in [2.05, 4.69) is 10.1 Å². The summed E-state index contributed by atoms with van der Waals surface area (Å²) in [5.41, 5.74) is -0.242. The third kappa shape index (κ3) is 3.83. The molecule has 0 bridgehead atoms. The van der Waals surface area contributed by atoms with Crippen molar-refractivity contribution in [1.82, 2.24) is 15.0 Å². The molecule has 0 aromatic carbocycles. The number of hydrogen-bond donors (Lipinski definition) is 0. The molecule has 0 radical (unpaired) electrons. The van der Waals surface area contributed by atoms with Crippen molar-refractivity contribution in [3.63, 3.8) is 0 Å². The molecule has 3 fully saturated rings. The SMILES string of the molecule is O=C(c1ccc([N+](=O)[O-])o1)N1CCC2(CC1)CC(Cc1nc(C3CC3)no1)CCO2. The summed E-state index contributed by atoms with van der Waals surface area (Å²) in [4.78, 5) is 29.0. The number of rotatable bonds is 5. The predicted molar refractivity (Wildman–Crippen MR) is 102 cm³/mol. The molecule has 10 nitrogen and oxygen atoms in total. The zero-order valence-corrected chi connectivity index (χ0v) is 16.6. The van der Waals surface area contributed by atoms with E-state index in [0.29, 0.717) is 37.4 Å². The van der Waals surface area contributed by atoms with Crippen molar-refractivity contribution in [2.75, 3.05) is 19.7 Å². The van der Waals surface area contributed by atoms with Crippen LogP contribution in [0.15, 0.2) is 21.1 Å². The maximum Gasteiger partial charge on any atom is 0.433 e. The van der Waals surface area contributed by atoms with E-state index in [9.17, 15) is 14.9 Å². The Morgan fingerprint density at radius 1 is 1.27 bits per heavy atom. The lowest BCUT2D eigenvalue weighted by atomic mass is 9.78. The molecule has 5 rings (SSSR count). The molecule has 160 valence electrons. The third-order valence-corrected chi connectivity index (χ3v) is 6.43. The predicted octanol–water partition coefficient (Wildman–Crippen LogP) is 3.09. The maximum absolute atomic E-state index is 12.6. The van der Waals surface area contributed by atoms with Gasteiger partial charge in [0.2, 0.25) is 5.89 Å². The molecule has 10 heteroatoms. The summed E-state index contributed by atoms with van der Waals surface area (Å²) in [7, 11) is 0. The second-order valence-electron chi connectivity index (χ2n) is 8.60. The summed E-state index contributed by atoms with van der Waals surface area (Å²) < 4.78 is 16.7. The number of likely N-dealkylation sites (tertiary alicyclic amines) is 1. The highest BCUT2D eigenvalue weighted by atomic mass is 16.6. The van der Waals surface area contributed by atoms with Crippen LogP contribution < -0.4 is 0 Å². The van der Waals surface area contributed by atoms with Gasteiger partial charge in [-0.2, -0.15) is 4.98 Å².